The molecule has 2 amide bonds. The van der Waals surface area contributed by atoms with Crippen molar-refractivity contribution in [3.8, 4) is 17.6 Å². The molecule has 27 heavy (non-hydrogen) atoms. The molecule has 2 aromatic rings. The summed E-state index contributed by atoms with van der Waals surface area (Å²) in [4.78, 5) is 24.3. The van der Waals surface area contributed by atoms with Crippen LogP contribution in [0.25, 0.3) is 0 Å². The van der Waals surface area contributed by atoms with E-state index in [4.69, 9.17) is 14.7 Å². The smallest absolute Gasteiger partial charge is 0.251 e. The SMILES string of the molecule is CCOc1ccc(C(=O)NCC(=O)Nc2ccc(C#N)cc2)cc1OCC. The average molecular weight is 367 g/mol. The van der Waals surface area contributed by atoms with E-state index in [2.05, 4.69) is 10.6 Å². The summed E-state index contributed by atoms with van der Waals surface area (Å²) >= 11 is 0. The lowest BCUT2D eigenvalue weighted by Crippen LogP contribution is -2.32. The zero-order valence-electron chi connectivity index (χ0n) is 15.2. The molecule has 0 aliphatic rings. The van der Waals surface area contributed by atoms with Crippen LogP contribution in [0.5, 0.6) is 11.5 Å². The number of benzene rings is 2. The van der Waals surface area contributed by atoms with Gasteiger partial charge in [-0.15, -0.1) is 0 Å². The van der Waals surface area contributed by atoms with Gasteiger partial charge < -0.3 is 20.1 Å². The number of carbonyl (C=O) groups excluding carboxylic acids is 2. The van der Waals surface area contributed by atoms with Crippen LogP contribution in [0.3, 0.4) is 0 Å². The first-order valence-electron chi connectivity index (χ1n) is 8.55. The molecule has 0 heterocycles. The Balaban J connectivity index is 1.94. The van der Waals surface area contributed by atoms with E-state index in [9.17, 15) is 9.59 Å². The van der Waals surface area contributed by atoms with E-state index in [-0.39, 0.29) is 12.5 Å². The third-order valence-electron chi connectivity index (χ3n) is 3.51. The van der Waals surface area contributed by atoms with Crippen molar-refractivity contribution in [3.63, 3.8) is 0 Å². The molecule has 0 saturated carbocycles. The van der Waals surface area contributed by atoms with Gasteiger partial charge >= 0.3 is 0 Å². The highest BCUT2D eigenvalue weighted by Gasteiger charge is 2.12. The molecule has 0 unspecified atom stereocenters. The van der Waals surface area contributed by atoms with Crippen molar-refractivity contribution >= 4 is 17.5 Å². The lowest BCUT2D eigenvalue weighted by atomic mass is 10.2. The summed E-state index contributed by atoms with van der Waals surface area (Å²) < 4.78 is 11.0. The molecular weight excluding hydrogens is 346 g/mol. The minimum Gasteiger partial charge on any atom is -0.490 e. The summed E-state index contributed by atoms with van der Waals surface area (Å²) in [5, 5.41) is 14.0. The van der Waals surface area contributed by atoms with Gasteiger partial charge in [0.2, 0.25) is 5.91 Å². The lowest BCUT2D eigenvalue weighted by molar-refractivity contribution is -0.115. The molecule has 0 aliphatic heterocycles. The van der Waals surface area contributed by atoms with Crippen LogP contribution in [0.2, 0.25) is 0 Å². The molecule has 140 valence electrons. The predicted octanol–water partition coefficient (Wildman–Crippen LogP) is 2.72. The highest BCUT2D eigenvalue weighted by atomic mass is 16.5. The van der Waals surface area contributed by atoms with Gasteiger partial charge in [0.1, 0.15) is 0 Å². The van der Waals surface area contributed by atoms with Gasteiger partial charge in [0, 0.05) is 11.3 Å². The van der Waals surface area contributed by atoms with Crippen molar-refractivity contribution in [1.82, 2.24) is 5.32 Å². The number of anilines is 1. The van der Waals surface area contributed by atoms with Gasteiger partial charge in [-0.3, -0.25) is 9.59 Å². The van der Waals surface area contributed by atoms with E-state index in [0.717, 1.165) is 0 Å². The van der Waals surface area contributed by atoms with Gasteiger partial charge in [0.15, 0.2) is 11.5 Å². The maximum atomic E-state index is 12.3. The van der Waals surface area contributed by atoms with Crippen LogP contribution >= 0.6 is 0 Å². The van der Waals surface area contributed by atoms with Crippen molar-refractivity contribution in [2.45, 2.75) is 13.8 Å². The van der Waals surface area contributed by atoms with Crippen molar-refractivity contribution in [2.24, 2.45) is 0 Å². The zero-order chi connectivity index (χ0) is 19.6. The molecule has 0 aliphatic carbocycles. The first kappa shape index (κ1) is 19.8. The molecule has 0 fully saturated rings. The molecule has 0 bridgehead atoms. The zero-order valence-corrected chi connectivity index (χ0v) is 15.2. The van der Waals surface area contributed by atoms with E-state index < -0.39 is 5.91 Å². The Labute approximate surface area is 157 Å². The molecule has 7 nitrogen and oxygen atoms in total. The van der Waals surface area contributed by atoms with Crippen molar-refractivity contribution in [3.05, 3.63) is 53.6 Å². The third-order valence-corrected chi connectivity index (χ3v) is 3.51. The molecule has 0 spiro atoms. The van der Waals surface area contributed by atoms with Crippen LogP contribution in [0.15, 0.2) is 42.5 Å². The number of ether oxygens (including phenoxy) is 2. The van der Waals surface area contributed by atoms with Gasteiger partial charge in [0.05, 0.1) is 31.4 Å². The number of nitrogens with zero attached hydrogens (tertiary/aromatic N) is 1. The second-order valence-electron chi connectivity index (χ2n) is 5.45. The van der Waals surface area contributed by atoms with Crippen LogP contribution < -0.4 is 20.1 Å². The molecule has 2 N–H and O–H groups in total. The molecule has 0 radical (unpaired) electrons. The molecule has 2 rings (SSSR count). The van der Waals surface area contributed by atoms with Crippen LogP contribution in [0, 0.1) is 11.3 Å². The van der Waals surface area contributed by atoms with Crippen LogP contribution in [0.4, 0.5) is 5.69 Å². The molecule has 0 saturated heterocycles. The lowest BCUT2D eigenvalue weighted by Gasteiger charge is -2.12. The topological polar surface area (TPSA) is 100 Å². The van der Waals surface area contributed by atoms with E-state index in [1.165, 1.54) is 0 Å². The Morgan fingerprint density at radius 2 is 1.67 bits per heavy atom. The Kier molecular flexibility index (Phi) is 7.20. The number of hydrogen-bond donors (Lipinski definition) is 2. The number of nitriles is 1. The molecule has 0 aromatic heterocycles. The largest absolute Gasteiger partial charge is 0.490 e. The Bertz CT molecular complexity index is 841. The summed E-state index contributed by atoms with van der Waals surface area (Å²) in [6.07, 6.45) is 0. The summed E-state index contributed by atoms with van der Waals surface area (Å²) in [5.74, 6) is 0.279. The molecule has 0 atom stereocenters. The van der Waals surface area contributed by atoms with Gasteiger partial charge in [-0.1, -0.05) is 0 Å². The number of amides is 2. The summed E-state index contributed by atoms with van der Waals surface area (Å²) in [5.41, 5.74) is 1.42. The van der Waals surface area contributed by atoms with Crippen LogP contribution in [-0.4, -0.2) is 31.6 Å². The third kappa shape index (κ3) is 5.75. The highest BCUT2D eigenvalue weighted by Crippen LogP contribution is 2.28. The van der Waals surface area contributed by atoms with Gasteiger partial charge in [-0.25, -0.2) is 0 Å². The Hall–Kier alpha value is -3.53. The summed E-state index contributed by atoms with van der Waals surface area (Å²) in [6.45, 7) is 4.45. The first-order valence-corrected chi connectivity index (χ1v) is 8.55. The first-order chi connectivity index (χ1) is 13.1. The highest BCUT2D eigenvalue weighted by molar-refractivity contribution is 5.99. The molecule has 7 heteroatoms. The quantitative estimate of drug-likeness (QED) is 0.747. The Morgan fingerprint density at radius 3 is 2.30 bits per heavy atom. The second-order valence-corrected chi connectivity index (χ2v) is 5.45. The van der Waals surface area contributed by atoms with E-state index >= 15 is 0 Å². The molecule has 2 aromatic carbocycles. The maximum absolute atomic E-state index is 12.3. The minimum absolute atomic E-state index is 0.185. The Morgan fingerprint density at radius 1 is 1.00 bits per heavy atom. The fourth-order valence-corrected chi connectivity index (χ4v) is 2.29. The number of hydrogen-bond acceptors (Lipinski definition) is 5. The van der Waals surface area contributed by atoms with E-state index in [1.54, 1.807) is 42.5 Å². The predicted molar refractivity (Wildman–Crippen MR) is 101 cm³/mol. The van der Waals surface area contributed by atoms with Gasteiger partial charge in [-0.2, -0.15) is 5.26 Å². The van der Waals surface area contributed by atoms with Gasteiger partial charge in [-0.05, 0) is 56.3 Å². The van der Waals surface area contributed by atoms with E-state index in [1.807, 2.05) is 19.9 Å². The van der Waals surface area contributed by atoms with Crippen molar-refractivity contribution in [1.29, 1.82) is 5.26 Å². The fourth-order valence-electron chi connectivity index (χ4n) is 2.29. The normalized spacial score (nSPS) is 9.81. The number of carbonyl (C=O) groups is 2. The molecular formula is C20H21N3O4. The maximum Gasteiger partial charge on any atom is 0.251 e. The minimum atomic E-state index is -0.394. The van der Waals surface area contributed by atoms with Crippen molar-refractivity contribution < 1.29 is 19.1 Å². The fraction of sp³-hybridized carbons (Fsp3) is 0.250. The summed E-state index contributed by atoms with van der Waals surface area (Å²) in [6, 6.07) is 13.3. The average Bonchev–Trinajstić information content (AvgIpc) is 2.68. The van der Waals surface area contributed by atoms with Gasteiger partial charge in [0.25, 0.3) is 5.91 Å². The monoisotopic (exact) mass is 367 g/mol. The second kappa shape index (κ2) is 9.82. The summed E-state index contributed by atoms with van der Waals surface area (Å²) in [7, 11) is 0. The standard InChI is InChI=1S/C20H21N3O4/c1-3-26-17-10-7-15(11-18(17)27-4-2)20(25)22-13-19(24)23-16-8-5-14(12-21)6-9-16/h5-11H,3-4,13H2,1-2H3,(H,22,25)(H,23,24). The van der Waals surface area contributed by atoms with Crippen molar-refractivity contribution in [2.75, 3.05) is 25.1 Å². The van der Waals surface area contributed by atoms with Crippen LogP contribution in [0.1, 0.15) is 29.8 Å². The number of nitrogens with one attached hydrogen (secondary N) is 2. The van der Waals surface area contributed by atoms with Crippen LogP contribution in [-0.2, 0) is 4.79 Å². The number of rotatable bonds is 8. The van der Waals surface area contributed by atoms with E-state index in [0.29, 0.717) is 41.5 Å².